The summed E-state index contributed by atoms with van der Waals surface area (Å²) >= 11 is 0. The minimum Gasteiger partial charge on any atom is -0.724 e. The molecule has 25 heavy (non-hydrogen) atoms. The van der Waals surface area contributed by atoms with Gasteiger partial charge in [-0.25, -0.2) is 0 Å². The first-order valence-corrected chi connectivity index (χ1v) is 9.27. The third-order valence-electron chi connectivity index (χ3n) is 5.01. The first-order chi connectivity index (χ1) is 12.1. The number of rotatable bonds is 7. The number of benzene rings is 1. The number of quaternary nitrogens is 1. The smallest absolute Gasteiger partial charge is 0.137 e. The molecule has 0 N–H and O–H groups in total. The molecule has 0 aliphatic carbocycles. The Kier molecular flexibility index (Phi) is 10.7. The molecule has 1 heterocycles. The highest BCUT2D eigenvalue weighted by Gasteiger charge is 2.28. The third kappa shape index (κ3) is 7.74. The predicted molar refractivity (Wildman–Crippen MR) is 98.5 cm³/mol. The van der Waals surface area contributed by atoms with Crippen molar-refractivity contribution in [1.82, 2.24) is 0 Å². The van der Waals surface area contributed by atoms with Crippen molar-refractivity contribution in [3.8, 4) is 5.75 Å². The zero-order valence-electron chi connectivity index (χ0n) is 16.4. The number of hydrogen-bond acceptors (Lipinski definition) is 4. The molecule has 0 spiro atoms. The fraction of sp³-hybridized carbons (Fsp3) is 0.700. The molecule has 1 aromatic rings. The highest BCUT2D eigenvalue weighted by Crippen LogP contribution is 2.23. The van der Waals surface area contributed by atoms with Crippen molar-refractivity contribution in [1.29, 1.82) is 0 Å². The summed E-state index contributed by atoms with van der Waals surface area (Å²) in [6.07, 6.45) is 5.44. The number of hydrogen-bond donors (Lipinski definition) is 0. The lowest BCUT2D eigenvalue weighted by Crippen LogP contribution is -2.52. The highest BCUT2D eigenvalue weighted by molar-refractivity contribution is 5.39. The van der Waals surface area contributed by atoms with Crippen LogP contribution in [0.3, 0.4) is 0 Å². The SMILES string of the molecule is COCC[N+]1(CCOc2c(C)cccc2C)CCCCCC1.CO[O-]. The summed E-state index contributed by atoms with van der Waals surface area (Å²) in [4.78, 5) is 3.00. The van der Waals surface area contributed by atoms with Crippen molar-refractivity contribution < 1.29 is 24.1 Å². The second-order valence-electron chi connectivity index (χ2n) is 6.88. The molecule has 0 bridgehead atoms. The molecule has 0 unspecified atom stereocenters. The summed E-state index contributed by atoms with van der Waals surface area (Å²) in [7, 11) is 2.88. The zero-order valence-corrected chi connectivity index (χ0v) is 16.4. The molecular formula is C20H35NO4. The van der Waals surface area contributed by atoms with Crippen LogP contribution in [0.1, 0.15) is 36.8 Å². The van der Waals surface area contributed by atoms with Gasteiger partial charge in [-0.2, -0.15) is 0 Å². The Labute approximate surface area is 153 Å². The van der Waals surface area contributed by atoms with Crippen LogP contribution in [0.2, 0.25) is 0 Å². The van der Waals surface area contributed by atoms with Crippen LogP contribution in [-0.4, -0.2) is 58.1 Å². The van der Waals surface area contributed by atoms with Crippen molar-refractivity contribution in [2.75, 3.05) is 53.6 Å². The topological polar surface area (TPSA) is 50.8 Å². The quantitative estimate of drug-likeness (QED) is 0.430. The Bertz CT molecular complexity index is 451. The van der Waals surface area contributed by atoms with Crippen molar-refractivity contribution in [3.63, 3.8) is 0 Å². The van der Waals surface area contributed by atoms with Crippen LogP contribution in [-0.2, 0) is 9.62 Å². The first kappa shape index (κ1) is 21.9. The van der Waals surface area contributed by atoms with Gasteiger partial charge in [0.2, 0.25) is 0 Å². The molecule has 1 aliphatic rings. The lowest BCUT2D eigenvalue weighted by molar-refractivity contribution is -0.927. The van der Waals surface area contributed by atoms with Crippen LogP contribution >= 0.6 is 0 Å². The van der Waals surface area contributed by atoms with E-state index in [0.29, 0.717) is 0 Å². The van der Waals surface area contributed by atoms with Gasteiger partial charge in [-0.15, -0.1) is 0 Å². The number of nitrogens with zero attached hydrogens (tertiary/aromatic N) is 1. The van der Waals surface area contributed by atoms with Gasteiger partial charge in [-0.1, -0.05) is 18.2 Å². The monoisotopic (exact) mass is 353 g/mol. The molecule has 5 heteroatoms. The van der Waals surface area contributed by atoms with Crippen molar-refractivity contribution in [2.24, 2.45) is 0 Å². The van der Waals surface area contributed by atoms with Crippen molar-refractivity contribution in [2.45, 2.75) is 39.5 Å². The van der Waals surface area contributed by atoms with Gasteiger partial charge < -0.3 is 24.1 Å². The Morgan fingerprint density at radius 1 is 0.920 bits per heavy atom. The lowest BCUT2D eigenvalue weighted by atomic mass is 10.1. The van der Waals surface area contributed by atoms with Gasteiger partial charge >= 0.3 is 0 Å². The van der Waals surface area contributed by atoms with Gasteiger partial charge in [-0.3, -0.25) is 0 Å². The molecule has 1 fully saturated rings. The van der Waals surface area contributed by atoms with Crippen molar-refractivity contribution in [3.05, 3.63) is 29.3 Å². The predicted octanol–water partition coefficient (Wildman–Crippen LogP) is 2.63. The van der Waals surface area contributed by atoms with Crippen LogP contribution in [0, 0.1) is 13.8 Å². The molecule has 1 aliphatic heterocycles. The molecule has 0 atom stereocenters. The summed E-state index contributed by atoms with van der Waals surface area (Å²) in [5, 5.41) is 8.43. The molecule has 0 radical (unpaired) electrons. The minimum absolute atomic E-state index is 0.801. The van der Waals surface area contributed by atoms with Gasteiger partial charge in [0, 0.05) is 14.2 Å². The Balaban J connectivity index is 0.000000970. The largest absolute Gasteiger partial charge is 0.724 e. The minimum atomic E-state index is 0.801. The maximum absolute atomic E-state index is 8.43. The Hall–Kier alpha value is -1.14. The number of aryl methyl sites for hydroxylation is 2. The number of likely N-dealkylation sites (tertiary alicyclic amines) is 1. The van der Waals surface area contributed by atoms with E-state index in [-0.39, 0.29) is 0 Å². The van der Waals surface area contributed by atoms with E-state index in [0.717, 1.165) is 39.2 Å². The van der Waals surface area contributed by atoms with Crippen LogP contribution in [0.5, 0.6) is 5.75 Å². The summed E-state index contributed by atoms with van der Waals surface area (Å²) in [6.45, 7) is 10.7. The van der Waals surface area contributed by atoms with E-state index in [2.05, 4.69) is 36.9 Å². The van der Waals surface area contributed by atoms with E-state index >= 15 is 0 Å². The van der Waals surface area contributed by atoms with E-state index in [1.54, 1.807) is 0 Å². The standard InChI is InChI=1S/C19H32NO2.CH4O2/c1-17-9-8-10-18(2)19(17)22-16-14-20(13-15-21-3)11-6-4-5-7-12-20;1-3-2/h8-10H,4-7,11-16H2,1-3H3;2H,1H3/q+1;/p-1. The second kappa shape index (κ2) is 12.3. The molecule has 0 amide bonds. The molecule has 1 aromatic carbocycles. The summed E-state index contributed by atoms with van der Waals surface area (Å²) < 4.78 is 12.7. The van der Waals surface area contributed by atoms with Crippen LogP contribution in [0.4, 0.5) is 0 Å². The van der Waals surface area contributed by atoms with Gasteiger partial charge in [0.1, 0.15) is 25.4 Å². The number of ether oxygens (including phenoxy) is 2. The van der Waals surface area contributed by atoms with Crippen LogP contribution < -0.4 is 9.99 Å². The number of para-hydroxylation sites is 1. The molecule has 144 valence electrons. The van der Waals surface area contributed by atoms with Gasteiger partial charge in [0.05, 0.1) is 19.7 Å². The first-order valence-electron chi connectivity index (χ1n) is 9.27. The molecule has 5 nitrogen and oxygen atoms in total. The Morgan fingerprint density at radius 2 is 1.44 bits per heavy atom. The lowest BCUT2D eigenvalue weighted by Gasteiger charge is -2.37. The Morgan fingerprint density at radius 3 is 1.96 bits per heavy atom. The highest BCUT2D eigenvalue weighted by atomic mass is 17.1. The zero-order chi connectivity index (χ0) is 18.5. The molecular weight excluding hydrogens is 318 g/mol. The van der Waals surface area contributed by atoms with E-state index in [1.165, 1.54) is 54.4 Å². The average Bonchev–Trinajstić information content (AvgIpc) is 2.83. The molecule has 1 saturated heterocycles. The number of methoxy groups -OCH3 is 1. The molecule has 0 saturated carbocycles. The van der Waals surface area contributed by atoms with E-state index in [4.69, 9.17) is 14.7 Å². The van der Waals surface area contributed by atoms with E-state index in [9.17, 15) is 0 Å². The third-order valence-corrected chi connectivity index (χ3v) is 5.01. The fourth-order valence-electron chi connectivity index (χ4n) is 3.57. The maximum Gasteiger partial charge on any atom is 0.137 e. The molecule has 2 rings (SSSR count). The van der Waals surface area contributed by atoms with Gasteiger partial charge in [0.15, 0.2) is 0 Å². The van der Waals surface area contributed by atoms with E-state index in [1.807, 2.05) is 7.11 Å². The van der Waals surface area contributed by atoms with E-state index < -0.39 is 0 Å². The summed E-state index contributed by atoms with van der Waals surface area (Å²) in [5.41, 5.74) is 2.47. The second-order valence-corrected chi connectivity index (χ2v) is 6.88. The van der Waals surface area contributed by atoms with Gasteiger partial charge in [0.25, 0.3) is 0 Å². The molecule has 0 aromatic heterocycles. The van der Waals surface area contributed by atoms with Crippen LogP contribution in [0.15, 0.2) is 18.2 Å². The maximum atomic E-state index is 8.43. The summed E-state index contributed by atoms with van der Waals surface area (Å²) in [6, 6.07) is 6.35. The van der Waals surface area contributed by atoms with Crippen LogP contribution in [0.25, 0.3) is 0 Å². The van der Waals surface area contributed by atoms with Crippen molar-refractivity contribution >= 4 is 0 Å². The average molecular weight is 354 g/mol. The summed E-state index contributed by atoms with van der Waals surface area (Å²) in [5.74, 6) is 1.07. The normalized spacial score (nSPS) is 16.5. The van der Waals surface area contributed by atoms with Gasteiger partial charge in [-0.05, 0) is 50.7 Å². The fourth-order valence-corrected chi connectivity index (χ4v) is 3.57.